The second kappa shape index (κ2) is 2.31. The van der Waals surface area contributed by atoms with Crippen LogP contribution in [0.1, 0.15) is 0 Å². The molecule has 0 aliphatic rings. The number of rotatable bonds is 0. The van der Waals surface area contributed by atoms with Crippen molar-refractivity contribution in [3.05, 3.63) is 24.4 Å². The second-order valence-corrected chi connectivity index (χ2v) is 2.68. The molecule has 0 unspecified atom stereocenters. The van der Waals surface area contributed by atoms with Gasteiger partial charge in [-0.3, -0.25) is 0 Å². The van der Waals surface area contributed by atoms with E-state index in [2.05, 4.69) is 4.98 Å². The molecule has 2 heteroatoms. The van der Waals surface area contributed by atoms with Gasteiger partial charge in [0.2, 0.25) is 0 Å². The van der Waals surface area contributed by atoms with Gasteiger partial charge < -0.3 is 0 Å². The molecule has 0 amide bonds. The van der Waals surface area contributed by atoms with Crippen molar-refractivity contribution >= 4 is 26.2 Å². The van der Waals surface area contributed by atoms with Crippen molar-refractivity contribution in [2.75, 3.05) is 0 Å². The maximum absolute atomic E-state index is 4.02. The normalized spacial score (nSPS) is 8.86. The van der Waals surface area contributed by atoms with Crippen LogP contribution >= 0.6 is 0 Å². The van der Waals surface area contributed by atoms with Crippen LogP contribution < -0.4 is 3.71 Å². The third kappa shape index (κ3) is 1.47. The maximum atomic E-state index is 4.02. The van der Waals surface area contributed by atoms with Crippen molar-refractivity contribution in [1.82, 2.24) is 4.98 Å². The van der Waals surface area contributed by atoms with Crippen molar-refractivity contribution < 1.29 is 0 Å². The molecule has 0 atom stereocenters. The number of pyridine rings is 1. The van der Waals surface area contributed by atoms with Gasteiger partial charge in [-0.05, 0) is 0 Å². The summed E-state index contributed by atoms with van der Waals surface area (Å²) in [6.45, 7) is 0. The van der Waals surface area contributed by atoms with E-state index in [1.165, 1.54) is 22.5 Å². The summed E-state index contributed by atoms with van der Waals surface area (Å²) in [5, 5.41) is 0. The van der Waals surface area contributed by atoms with E-state index < -0.39 is 0 Å². The molecule has 0 spiro atoms. The van der Waals surface area contributed by atoms with Crippen LogP contribution in [0.2, 0.25) is 0 Å². The molecule has 0 saturated heterocycles. The standard InChI is InChI=1S/C5H4N.Sn/c1-2-4-6-5-3-1;/h1-4H;/q;+3. The molecule has 0 radical (unpaired) electrons. The molecule has 1 aromatic heterocycles. The molecule has 30 valence electrons. The third-order valence-corrected chi connectivity index (χ3v) is 1.51. The van der Waals surface area contributed by atoms with E-state index in [1.807, 2.05) is 24.4 Å². The van der Waals surface area contributed by atoms with Crippen molar-refractivity contribution in [2.45, 2.75) is 0 Å². The van der Waals surface area contributed by atoms with E-state index in [4.69, 9.17) is 0 Å². The topological polar surface area (TPSA) is 12.9 Å². The Morgan fingerprint density at radius 2 is 2.29 bits per heavy atom. The first-order valence-electron chi connectivity index (χ1n) is 2.02. The SMILES string of the molecule is [Sn+3][c]1ccccn1. The quantitative estimate of drug-likeness (QED) is 0.528. The van der Waals surface area contributed by atoms with Crippen LogP contribution in [-0.4, -0.2) is 27.5 Å². The van der Waals surface area contributed by atoms with Crippen molar-refractivity contribution in [3.63, 3.8) is 0 Å². The summed E-state index contributed by atoms with van der Waals surface area (Å²) in [5.74, 6) is 0. The van der Waals surface area contributed by atoms with Gasteiger partial charge in [-0.15, -0.1) is 0 Å². The van der Waals surface area contributed by atoms with Gasteiger partial charge in [0.25, 0.3) is 0 Å². The van der Waals surface area contributed by atoms with Crippen LogP contribution in [0.4, 0.5) is 0 Å². The Morgan fingerprint density at radius 1 is 1.43 bits per heavy atom. The summed E-state index contributed by atoms with van der Waals surface area (Å²) in [6.07, 6.45) is 1.81. The zero-order valence-electron chi connectivity index (χ0n) is 3.76. The van der Waals surface area contributed by atoms with Gasteiger partial charge in [-0.25, -0.2) is 0 Å². The molecule has 0 aliphatic heterocycles. The van der Waals surface area contributed by atoms with Crippen LogP contribution in [0.3, 0.4) is 0 Å². The number of aromatic nitrogens is 1. The molecule has 0 N–H and O–H groups in total. The van der Waals surface area contributed by atoms with Crippen molar-refractivity contribution in [2.24, 2.45) is 0 Å². The molecule has 0 saturated carbocycles. The fraction of sp³-hybridized carbons (Fsp3) is 0. The Bertz CT molecular complexity index is 138. The van der Waals surface area contributed by atoms with Gasteiger partial charge in [0.05, 0.1) is 0 Å². The predicted octanol–water partition coefficient (Wildman–Crippen LogP) is -0.125. The third-order valence-electron chi connectivity index (χ3n) is 0.665. The summed E-state index contributed by atoms with van der Waals surface area (Å²) in [6, 6.07) is 5.93. The van der Waals surface area contributed by atoms with Gasteiger partial charge in [-0.1, -0.05) is 0 Å². The Kier molecular flexibility index (Phi) is 1.68. The first-order chi connectivity index (χ1) is 3.39. The summed E-state index contributed by atoms with van der Waals surface area (Å²) < 4.78 is 1.16. The molecule has 0 aromatic carbocycles. The second-order valence-electron chi connectivity index (χ2n) is 1.21. The zero-order chi connectivity index (χ0) is 5.11. The van der Waals surface area contributed by atoms with E-state index in [9.17, 15) is 0 Å². The summed E-state index contributed by atoms with van der Waals surface area (Å²) in [7, 11) is 0. The van der Waals surface area contributed by atoms with Gasteiger partial charge in [-0.2, -0.15) is 0 Å². The molecule has 1 aromatic rings. The van der Waals surface area contributed by atoms with E-state index in [0.29, 0.717) is 0 Å². The summed E-state index contributed by atoms with van der Waals surface area (Å²) >= 11 is 1.38. The van der Waals surface area contributed by atoms with Crippen LogP contribution in [0.5, 0.6) is 0 Å². The first kappa shape index (κ1) is 5.09. The molecule has 0 fully saturated rings. The van der Waals surface area contributed by atoms with Gasteiger partial charge in [0.1, 0.15) is 0 Å². The monoisotopic (exact) mass is 198 g/mol. The van der Waals surface area contributed by atoms with Gasteiger partial charge in [0.15, 0.2) is 0 Å². The number of hydrogen-bond acceptors (Lipinski definition) is 1. The zero-order valence-corrected chi connectivity index (χ0v) is 6.61. The molecular formula is C5H4NSn+3. The minimum absolute atomic E-state index is 1.16. The Labute approximate surface area is 55.9 Å². The number of nitrogens with zero attached hydrogens (tertiary/aromatic N) is 1. The molecule has 7 heavy (non-hydrogen) atoms. The summed E-state index contributed by atoms with van der Waals surface area (Å²) in [4.78, 5) is 4.02. The van der Waals surface area contributed by atoms with Crippen molar-refractivity contribution in [3.8, 4) is 0 Å². The number of hydrogen-bond donors (Lipinski definition) is 0. The van der Waals surface area contributed by atoms with Crippen molar-refractivity contribution in [1.29, 1.82) is 0 Å². The van der Waals surface area contributed by atoms with Crippen LogP contribution in [0.25, 0.3) is 0 Å². The molecular weight excluding hydrogens is 193 g/mol. The first-order valence-corrected chi connectivity index (χ1v) is 3.45. The minimum atomic E-state index is 1.16. The van der Waals surface area contributed by atoms with Crippen LogP contribution in [-0.2, 0) is 0 Å². The van der Waals surface area contributed by atoms with Crippen LogP contribution in [0.15, 0.2) is 24.4 Å². The fourth-order valence-corrected chi connectivity index (χ4v) is 0.850. The summed E-state index contributed by atoms with van der Waals surface area (Å²) in [5.41, 5.74) is 0. The van der Waals surface area contributed by atoms with Gasteiger partial charge >= 0.3 is 55.6 Å². The van der Waals surface area contributed by atoms with E-state index >= 15 is 0 Å². The van der Waals surface area contributed by atoms with E-state index in [1.54, 1.807) is 0 Å². The van der Waals surface area contributed by atoms with E-state index in [0.717, 1.165) is 3.71 Å². The van der Waals surface area contributed by atoms with Gasteiger partial charge in [0, 0.05) is 0 Å². The van der Waals surface area contributed by atoms with Crippen LogP contribution in [0, 0.1) is 0 Å². The fourth-order valence-electron chi connectivity index (χ4n) is 0.363. The molecule has 1 rings (SSSR count). The molecule has 1 nitrogen and oxygen atoms in total. The predicted molar refractivity (Wildman–Crippen MR) is 29.6 cm³/mol. The Morgan fingerprint density at radius 3 is 2.57 bits per heavy atom. The average Bonchev–Trinajstić information content (AvgIpc) is 1.69. The molecule has 1 heterocycles. The molecule has 0 bridgehead atoms. The Balaban J connectivity index is 3.02. The average molecular weight is 197 g/mol. The molecule has 0 aliphatic carbocycles. The van der Waals surface area contributed by atoms with E-state index in [-0.39, 0.29) is 0 Å². The Hall–Kier alpha value is -0.0513.